The molecule has 0 spiro atoms. The van der Waals surface area contributed by atoms with Crippen LogP contribution >= 0.6 is 0 Å². The Kier molecular flexibility index (Phi) is 4.39. The fourth-order valence-corrected chi connectivity index (χ4v) is 1.57. The zero-order valence-electron chi connectivity index (χ0n) is 10.8. The number of hydrogen-bond acceptors (Lipinski definition) is 4. The van der Waals surface area contributed by atoms with E-state index < -0.39 is 23.1 Å². The van der Waals surface area contributed by atoms with Crippen LogP contribution in [-0.4, -0.2) is 16.5 Å². The van der Waals surface area contributed by atoms with Crippen molar-refractivity contribution in [3.05, 3.63) is 42.0 Å². The van der Waals surface area contributed by atoms with Crippen LogP contribution in [0.4, 0.5) is 30.5 Å². The Labute approximate surface area is 114 Å². The lowest BCUT2D eigenvalue weighted by Gasteiger charge is -2.09. The first-order valence-electron chi connectivity index (χ1n) is 6.07. The van der Waals surface area contributed by atoms with Crippen molar-refractivity contribution in [3.8, 4) is 0 Å². The first-order chi connectivity index (χ1) is 9.60. The maximum atomic E-state index is 13.5. The third-order valence-electron chi connectivity index (χ3n) is 2.48. The predicted molar refractivity (Wildman–Crippen MR) is 70.4 cm³/mol. The van der Waals surface area contributed by atoms with Gasteiger partial charge in [-0.1, -0.05) is 6.92 Å². The van der Waals surface area contributed by atoms with Gasteiger partial charge >= 0.3 is 0 Å². The summed E-state index contributed by atoms with van der Waals surface area (Å²) in [5.74, 6) is -2.28. The van der Waals surface area contributed by atoms with E-state index in [1.54, 1.807) is 0 Å². The van der Waals surface area contributed by atoms with Crippen LogP contribution in [0.25, 0.3) is 0 Å². The number of aromatic nitrogens is 2. The SMILES string of the molecule is CCCNc1cc(Nc2c(F)cc(F)cc2F)ncn1. The van der Waals surface area contributed by atoms with E-state index in [9.17, 15) is 13.2 Å². The van der Waals surface area contributed by atoms with E-state index in [0.29, 0.717) is 18.0 Å². The highest BCUT2D eigenvalue weighted by Gasteiger charge is 2.12. The molecule has 0 saturated carbocycles. The lowest BCUT2D eigenvalue weighted by atomic mass is 10.2. The number of hydrogen-bond donors (Lipinski definition) is 2. The molecule has 0 unspecified atom stereocenters. The van der Waals surface area contributed by atoms with Gasteiger partial charge in [0.1, 0.15) is 29.5 Å². The average Bonchev–Trinajstić information content (AvgIpc) is 2.41. The zero-order chi connectivity index (χ0) is 14.5. The van der Waals surface area contributed by atoms with Gasteiger partial charge in [0.15, 0.2) is 11.6 Å². The topological polar surface area (TPSA) is 49.8 Å². The van der Waals surface area contributed by atoms with E-state index in [1.807, 2.05) is 6.92 Å². The molecule has 0 aliphatic carbocycles. The third-order valence-corrected chi connectivity index (χ3v) is 2.48. The highest BCUT2D eigenvalue weighted by atomic mass is 19.1. The van der Waals surface area contributed by atoms with Crippen molar-refractivity contribution in [2.45, 2.75) is 13.3 Å². The van der Waals surface area contributed by atoms with E-state index in [1.165, 1.54) is 12.4 Å². The highest BCUT2D eigenvalue weighted by Crippen LogP contribution is 2.24. The number of nitrogens with zero attached hydrogens (tertiary/aromatic N) is 2. The molecule has 1 aromatic carbocycles. The van der Waals surface area contributed by atoms with Gasteiger partial charge in [-0.05, 0) is 6.42 Å². The van der Waals surface area contributed by atoms with E-state index in [2.05, 4.69) is 20.6 Å². The van der Waals surface area contributed by atoms with Crippen LogP contribution in [0.2, 0.25) is 0 Å². The number of benzene rings is 1. The highest BCUT2D eigenvalue weighted by molar-refractivity contribution is 5.60. The second kappa shape index (κ2) is 6.23. The monoisotopic (exact) mass is 282 g/mol. The summed E-state index contributed by atoms with van der Waals surface area (Å²) in [4.78, 5) is 7.83. The second-order valence-corrected chi connectivity index (χ2v) is 4.08. The van der Waals surface area contributed by atoms with Crippen LogP contribution in [0, 0.1) is 17.5 Å². The van der Waals surface area contributed by atoms with Crippen molar-refractivity contribution in [1.82, 2.24) is 9.97 Å². The number of anilines is 3. The zero-order valence-corrected chi connectivity index (χ0v) is 10.8. The predicted octanol–water partition coefficient (Wildman–Crippen LogP) is 3.46. The molecule has 0 amide bonds. The molecule has 0 fully saturated rings. The average molecular weight is 282 g/mol. The minimum atomic E-state index is -1.02. The minimum Gasteiger partial charge on any atom is -0.370 e. The standard InChI is InChI=1S/C13H13F3N4/c1-2-3-17-11-6-12(19-7-18-11)20-13-9(15)4-8(14)5-10(13)16/h4-7H,2-3H2,1H3,(H2,17,18,19,20). The van der Waals surface area contributed by atoms with E-state index in [0.717, 1.165) is 13.0 Å². The van der Waals surface area contributed by atoms with Gasteiger partial charge in [-0.15, -0.1) is 0 Å². The minimum absolute atomic E-state index is 0.211. The quantitative estimate of drug-likeness (QED) is 0.881. The first kappa shape index (κ1) is 14.1. The molecule has 0 aliphatic heterocycles. The van der Waals surface area contributed by atoms with Crippen molar-refractivity contribution in [1.29, 1.82) is 0 Å². The lowest BCUT2D eigenvalue weighted by Crippen LogP contribution is -2.05. The first-order valence-corrected chi connectivity index (χ1v) is 6.07. The van der Waals surface area contributed by atoms with Gasteiger partial charge in [0.25, 0.3) is 0 Å². The maximum absolute atomic E-state index is 13.5. The summed E-state index contributed by atoms with van der Waals surface area (Å²) in [6.07, 6.45) is 2.17. The Bertz CT molecular complexity index is 581. The molecule has 0 aliphatic rings. The number of halogens is 3. The fourth-order valence-electron chi connectivity index (χ4n) is 1.57. The molecule has 1 heterocycles. The van der Waals surface area contributed by atoms with Gasteiger partial charge in [0.2, 0.25) is 0 Å². The van der Waals surface area contributed by atoms with Crippen LogP contribution in [-0.2, 0) is 0 Å². The van der Waals surface area contributed by atoms with Crippen LogP contribution in [0.15, 0.2) is 24.5 Å². The molecular formula is C13H13F3N4. The summed E-state index contributed by atoms with van der Waals surface area (Å²) in [5.41, 5.74) is -0.452. The maximum Gasteiger partial charge on any atom is 0.152 e. The van der Waals surface area contributed by atoms with Gasteiger partial charge in [-0.25, -0.2) is 23.1 Å². The van der Waals surface area contributed by atoms with Crippen molar-refractivity contribution in [2.24, 2.45) is 0 Å². The summed E-state index contributed by atoms with van der Waals surface area (Å²) >= 11 is 0. The summed E-state index contributed by atoms with van der Waals surface area (Å²) in [6, 6.07) is 2.71. The van der Waals surface area contributed by atoms with Crippen molar-refractivity contribution < 1.29 is 13.2 Å². The van der Waals surface area contributed by atoms with Crippen LogP contribution in [0.1, 0.15) is 13.3 Å². The molecule has 0 saturated heterocycles. The Morgan fingerprint density at radius 3 is 2.30 bits per heavy atom. The largest absolute Gasteiger partial charge is 0.370 e. The van der Waals surface area contributed by atoms with Crippen molar-refractivity contribution >= 4 is 17.3 Å². The fraction of sp³-hybridized carbons (Fsp3) is 0.231. The molecule has 4 nitrogen and oxygen atoms in total. The Morgan fingerprint density at radius 1 is 1.00 bits per heavy atom. The van der Waals surface area contributed by atoms with Gasteiger partial charge < -0.3 is 10.6 Å². The normalized spacial score (nSPS) is 10.4. The van der Waals surface area contributed by atoms with Crippen LogP contribution in [0.3, 0.4) is 0 Å². The molecule has 2 rings (SSSR count). The Balaban J connectivity index is 2.22. The van der Waals surface area contributed by atoms with Crippen LogP contribution < -0.4 is 10.6 Å². The molecule has 0 radical (unpaired) electrons. The van der Waals surface area contributed by atoms with Gasteiger partial charge in [0.05, 0.1) is 0 Å². The molecule has 20 heavy (non-hydrogen) atoms. The molecule has 0 atom stereocenters. The lowest BCUT2D eigenvalue weighted by molar-refractivity contribution is 0.548. The molecule has 0 bridgehead atoms. The van der Waals surface area contributed by atoms with Crippen LogP contribution in [0.5, 0.6) is 0 Å². The van der Waals surface area contributed by atoms with Gasteiger partial charge in [-0.2, -0.15) is 0 Å². The number of rotatable bonds is 5. The summed E-state index contributed by atoms with van der Waals surface area (Å²) in [7, 11) is 0. The smallest absolute Gasteiger partial charge is 0.152 e. The molecule has 1 aromatic heterocycles. The summed E-state index contributed by atoms with van der Waals surface area (Å²) < 4.78 is 39.8. The Morgan fingerprint density at radius 2 is 1.65 bits per heavy atom. The number of nitrogens with one attached hydrogen (secondary N) is 2. The summed E-state index contributed by atoms with van der Waals surface area (Å²) in [5, 5.41) is 5.50. The van der Waals surface area contributed by atoms with Gasteiger partial charge in [0, 0.05) is 24.7 Å². The second-order valence-electron chi connectivity index (χ2n) is 4.08. The molecule has 2 N–H and O–H groups in total. The summed E-state index contributed by atoms with van der Waals surface area (Å²) in [6.45, 7) is 2.71. The van der Waals surface area contributed by atoms with Crippen molar-refractivity contribution in [3.63, 3.8) is 0 Å². The van der Waals surface area contributed by atoms with E-state index in [4.69, 9.17) is 0 Å². The van der Waals surface area contributed by atoms with Crippen molar-refractivity contribution in [2.75, 3.05) is 17.2 Å². The molecule has 7 heteroatoms. The third kappa shape index (κ3) is 3.37. The van der Waals surface area contributed by atoms with Gasteiger partial charge in [-0.3, -0.25) is 0 Å². The molecule has 106 valence electrons. The van der Waals surface area contributed by atoms with E-state index in [-0.39, 0.29) is 5.82 Å². The molecule has 2 aromatic rings. The molecular weight excluding hydrogens is 269 g/mol. The Hall–Kier alpha value is -2.31. The van der Waals surface area contributed by atoms with E-state index >= 15 is 0 Å².